The van der Waals surface area contributed by atoms with Gasteiger partial charge in [-0.2, -0.15) is 5.26 Å². The molecule has 0 amide bonds. The van der Waals surface area contributed by atoms with E-state index < -0.39 is 19.3 Å². The van der Waals surface area contributed by atoms with Crippen molar-refractivity contribution in [1.29, 1.82) is 5.26 Å². The molecule has 0 aromatic heterocycles. The van der Waals surface area contributed by atoms with Gasteiger partial charge >= 0.3 is 0 Å². The van der Waals surface area contributed by atoms with E-state index in [0.29, 0.717) is 0 Å². The molecule has 0 spiro atoms. The van der Waals surface area contributed by atoms with E-state index in [1.165, 1.54) is 13.0 Å². The molecular formula is C5H7Cl2NO2S. The highest BCUT2D eigenvalue weighted by molar-refractivity contribution is 7.95. The monoisotopic (exact) mass is 215 g/mol. The van der Waals surface area contributed by atoms with Gasteiger partial charge in [0, 0.05) is 0 Å². The molecule has 0 aliphatic heterocycles. The second kappa shape index (κ2) is 3.61. The molecule has 0 fully saturated rings. The third-order valence-electron chi connectivity index (χ3n) is 1.12. The zero-order valence-electron chi connectivity index (χ0n) is 5.84. The summed E-state index contributed by atoms with van der Waals surface area (Å²) >= 11 is 10.8. The summed E-state index contributed by atoms with van der Waals surface area (Å²) in [7, 11) is -3.69. The number of alkyl halides is 2. The van der Waals surface area contributed by atoms with Gasteiger partial charge in [-0.3, -0.25) is 0 Å². The van der Waals surface area contributed by atoms with Gasteiger partial charge in [-0.25, -0.2) is 8.42 Å². The average Bonchev–Trinajstić information content (AvgIpc) is 1.87. The van der Waals surface area contributed by atoms with Crippen LogP contribution in [0.4, 0.5) is 0 Å². The molecule has 64 valence electrons. The molecule has 0 bridgehead atoms. The Hall–Kier alpha value is 0.0200. The maximum absolute atomic E-state index is 11.0. The van der Waals surface area contributed by atoms with Crippen molar-refractivity contribution in [2.75, 3.05) is 5.75 Å². The van der Waals surface area contributed by atoms with E-state index in [1.807, 2.05) is 0 Å². The summed E-state index contributed by atoms with van der Waals surface area (Å²) in [6.07, 6.45) is 0.0696. The fraction of sp³-hybridized carbons (Fsp3) is 0.800. The lowest BCUT2D eigenvalue weighted by atomic mass is 10.6. The maximum atomic E-state index is 11.0. The normalized spacial score (nSPS) is 12.5. The molecule has 0 N–H and O–H groups in total. The zero-order valence-corrected chi connectivity index (χ0v) is 8.17. The first-order valence-corrected chi connectivity index (χ1v) is 5.25. The van der Waals surface area contributed by atoms with E-state index in [-0.39, 0.29) is 6.42 Å². The van der Waals surface area contributed by atoms with Crippen molar-refractivity contribution in [3.8, 4) is 6.07 Å². The number of halogens is 2. The summed E-state index contributed by atoms with van der Waals surface area (Å²) in [4.78, 5) is 0. The lowest BCUT2D eigenvalue weighted by Gasteiger charge is -2.14. The smallest absolute Gasteiger partial charge is 0.218 e. The van der Waals surface area contributed by atoms with Crippen LogP contribution in [0, 0.1) is 11.3 Å². The van der Waals surface area contributed by atoms with Crippen LogP contribution in [-0.4, -0.2) is 17.8 Å². The van der Waals surface area contributed by atoms with E-state index in [2.05, 4.69) is 0 Å². The lowest BCUT2D eigenvalue weighted by molar-refractivity contribution is 0.589. The van der Waals surface area contributed by atoms with Crippen LogP contribution in [0.2, 0.25) is 0 Å². The number of hydrogen-bond acceptors (Lipinski definition) is 3. The van der Waals surface area contributed by atoms with Gasteiger partial charge in [0.2, 0.25) is 3.67 Å². The molecule has 0 saturated heterocycles. The summed E-state index contributed by atoms with van der Waals surface area (Å²) < 4.78 is 20.2. The number of hydrogen-bond donors (Lipinski definition) is 0. The second-order valence-corrected chi connectivity index (χ2v) is 6.06. The van der Waals surface area contributed by atoms with Gasteiger partial charge < -0.3 is 0 Å². The Morgan fingerprint density at radius 3 is 2.27 bits per heavy atom. The topological polar surface area (TPSA) is 57.9 Å². The van der Waals surface area contributed by atoms with Crippen LogP contribution in [0.25, 0.3) is 0 Å². The summed E-state index contributed by atoms with van der Waals surface area (Å²) in [6.45, 7) is 1.54. The second-order valence-electron chi connectivity index (χ2n) is 1.91. The third-order valence-corrected chi connectivity index (χ3v) is 4.77. The molecule has 0 radical (unpaired) electrons. The van der Waals surface area contributed by atoms with Crippen molar-refractivity contribution >= 4 is 33.0 Å². The predicted molar refractivity (Wildman–Crippen MR) is 44.1 cm³/mol. The highest BCUT2D eigenvalue weighted by Gasteiger charge is 2.37. The van der Waals surface area contributed by atoms with Crippen molar-refractivity contribution < 1.29 is 8.42 Å². The Bertz CT molecular complexity index is 265. The highest BCUT2D eigenvalue weighted by atomic mass is 35.5. The van der Waals surface area contributed by atoms with Crippen LogP contribution in [0.15, 0.2) is 0 Å². The molecule has 0 aliphatic rings. The van der Waals surface area contributed by atoms with E-state index in [1.54, 1.807) is 0 Å². The van der Waals surface area contributed by atoms with E-state index in [0.717, 1.165) is 0 Å². The molecule has 0 rings (SSSR count). The SMILES string of the molecule is CCC(Cl)(Cl)S(=O)(=O)CC#N. The Morgan fingerprint density at radius 1 is 1.55 bits per heavy atom. The largest absolute Gasteiger partial charge is 0.225 e. The molecule has 0 unspecified atom stereocenters. The first kappa shape index (κ1) is 11.0. The van der Waals surface area contributed by atoms with E-state index in [4.69, 9.17) is 28.5 Å². The Morgan fingerprint density at radius 2 is 2.00 bits per heavy atom. The summed E-state index contributed by atoms with van der Waals surface area (Å²) in [5.41, 5.74) is 0. The third kappa shape index (κ3) is 2.51. The quantitative estimate of drug-likeness (QED) is 0.671. The van der Waals surface area contributed by atoms with Crippen molar-refractivity contribution in [3.05, 3.63) is 0 Å². The Labute approximate surface area is 75.8 Å². The molecule has 6 heteroatoms. The predicted octanol–water partition coefficient (Wildman–Crippen LogP) is 1.47. The summed E-state index contributed by atoms with van der Waals surface area (Å²) in [5, 5.41) is 8.11. The molecule has 0 atom stereocenters. The van der Waals surface area contributed by atoms with E-state index >= 15 is 0 Å². The zero-order chi connectivity index (χ0) is 9.12. The lowest BCUT2D eigenvalue weighted by Crippen LogP contribution is -2.27. The minimum atomic E-state index is -3.69. The van der Waals surface area contributed by atoms with E-state index in [9.17, 15) is 8.42 Å². The van der Waals surface area contributed by atoms with Gasteiger partial charge in [0.1, 0.15) is 5.75 Å². The van der Waals surface area contributed by atoms with Gasteiger partial charge in [0.05, 0.1) is 6.07 Å². The number of nitriles is 1. The van der Waals surface area contributed by atoms with Crippen LogP contribution in [0.3, 0.4) is 0 Å². The Kier molecular flexibility index (Phi) is 3.62. The minimum Gasteiger partial charge on any atom is -0.225 e. The number of sulfone groups is 1. The number of rotatable bonds is 3. The molecule has 0 aromatic rings. The van der Waals surface area contributed by atoms with Crippen LogP contribution >= 0.6 is 23.2 Å². The molecule has 11 heavy (non-hydrogen) atoms. The molecule has 0 aromatic carbocycles. The minimum absolute atomic E-state index is 0.0696. The first-order valence-electron chi connectivity index (χ1n) is 2.84. The fourth-order valence-corrected chi connectivity index (χ4v) is 1.56. The summed E-state index contributed by atoms with van der Waals surface area (Å²) in [6, 6.07) is 1.49. The van der Waals surface area contributed by atoms with Gasteiger partial charge in [-0.15, -0.1) is 0 Å². The van der Waals surface area contributed by atoms with Crippen LogP contribution in [0.1, 0.15) is 13.3 Å². The molecular weight excluding hydrogens is 209 g/mol. The van der Waals surface area contributed by atoms with Crippen molar-refractivity contribution in [2.24, 2.45) is 0 Å². The van der Waals surface area contributed by atoms with Crippen LogP contribution in [0.5, 0.6) is 0 Å². The molecule has 0 saturated carbocycles. The van der Waals surface area contributed by atoms with Crippen molar-refractivity contribution in [3.63, 3.8) is 0 Å². The van der Waals surface area contributed by atoms with Gasteiger partial charge in [-0.05, 0) is 6.42 Å². The fourth-order valence-electron chi connectivity index (χ4n) is 0.410. The number of nitrogens with zero attached hydrogens (tertiary/aromatic N) is 1. The van der Waals surface area contributed by atoms with Gasteiger partial charge in [0.25, 0.3) is 0 Å². The van der Waals surface area contributed by atoms with Gasteiger partial charge in [-0.1, -0.05) is 30.1 Å². The maximum Gasteiger partial charge on any atom is 0.218 e. The van der Waals surface area contributed by atoms with Crippen LogP contribution < -0.4 is 0 Å². The standard InChI is InChI=1S/C5H7Cl2NO2S/c1-2-5(6,7)11(9,10)4-3-8/h2,4H2,1H3. The molecule has 3 nitrogen and oxygen atoms in total. The van der Waals surface area contributed by atoms with Gasteiger partial charge in [0.15, 0.2) is 9.84 Å². The summed E-state index contributed by atoms with van der Waals surface area (Å²) in [5.74, 6) is -0.645. The molecule has 0 heterocycles. The highest BCUT2D eigenvalue weighted by Crippen LogP contribution is 2.31. The Balaban J connectivity index is 4.73. The average molecular weight is 216 g/mol. The van der Waals surface area contributed by atoms with Crippen LogP contribution in [-0.2, 0) is 9.84 Å². The first-order chi connectivity index (χ1) is 4.87. The van der Waals surface area contributed by atoms with Crippen molar-refractivity contribution in [1.82, 2.24) is 0 Å². The molecule has 0 aliphatic carbocycles. The van der Waals surface area contributed by atoms with Crippen molar-refractivity contribution in [2.45, 2.75) is 17.0 Å².